The van der Waals surface area contributed by atoms with Crippen LogP contribution in [0.5, 0.6) is 0 Å². The van der Waals surface area contributed by atoms with Crippen molar-refractivity contribution in [1.29, 1.82) is 0 Å². The zero-order valence-corrected chi connectivity index (χ0v) is 15.9. The Morgan fingerprint density at radius 3 is 2.42 bits per heavy atom. The van der Waals surface area contributed by atoms with E-state index < -0.39 is 10.0 Å². The summed E-state index contributed by atoms with van der Waals surface area (Å²) in [6.07, 6.45) is 0.855. The molecule has 1 saturated carbocycles. The van der Waals surface area contributed by atoms with Gasteiger partial charge in [-0.3, -0.25) is 4.79 Å². The predicted octanol–water partition coefficient (Wildman–Crippen LogP) is 2.54. The highest BCUT2D eigenvalue weighted by atomic mass is 32.2. The maximum absolute atomic E-state index is 12.5. The average Bonchev–Trinajstić information content (AvgIpc) is 3.43. The summed E-state index contributed by atoms with van der Waals surface area (Å²) in [4.78, 5) is 12.5. The van der Waals surface area contributed by atoms with E-state index >= 15 is 0 Å². The fourth-order valence-electron chi connectivity index (χ4n) is 3.03. The van der Waals surface area contributed by atoms with Crippen LogP contribution in [-0.4, -0.2) is 38.8 Å². The molecule has 0 aromatic heterocycles. The van der Waals surface area contributed by atoms with Crippen molar-refractivity contribution in [3.05, 3.63) is 65.7 Å². The molecule has 0 aliphatic heterocycles. The van der Waals surface area contributed by atoms with E-state index in [1.165, 1.54) is 16.9 Å². The SMILES string of the molecule is Cc1ccc(S(=O)(=O)N(C)CCNC(=O)C2CC2c2ccccc2)cc1. The lowest BCUT2D eigenvalue weighted by Gasteiger charge is -2.17. The fourth-order valence-corrected chi connectivity index (χ4v) is 4.20. The minimum Gasteiger partial charge on any atom is -0.355 e. The predicted molar refractivity (Wildman–Crippen MR) is 101 cm³/mol. The number of nitrogens with one attached hydrogen (secondary N) is 1. The first-order valence-corrected chi connectivity index (χ1v) is 10.2. The summed E-state index contributed by atoms with van der Waals surface area (Å²) >= 11 is 0. The summed E-state index contributed by atoms with van der Waals surface area (Å²) in [7, 11) is -2.00. The number of hydrogen-bond donors (Lipinski definition) is 1. The molecule has 2 aromatic carbocycles. The van der Waals surface area contributed by atoms with Crippen molar-refractivity contribution in [3.8, 4) is 0 Å². The summed E-state index contributed by atoms with van der Waals surface area (Å²) in [5.41, 5.74) is 2.20. The van der Waals surface area contributed by atoms with Gasteiger partial charge in [-0.1, -0.05) is 48.0 Å². The molecule has 1 N–H and O–H groups in total. The van der Waals surface area contributed by atoms with Crippen LogP contribution in [0.2, 0.25) is 0 Å². The molecule has 2 unspecified atom stereocenters. The van der Waals surface area contributed by atoms with E-state index in [9.17, 15) is 13.2 Å². The summed E-state index contributed by atoms with van der Waals surface area (Å²) in [6, 6.07) is 16.8. The Kier molecular flexibility index (Phi) is 5.44. The third kappa shape index (κ3) is 4.14. The van der Waals surface area contributed by atoms with Crippen molar-refractivity contribution in [2.45, 2.75) is 24.2 Å². The van der Waals surface area contributed by atoms with E-state index in [1.807, 2.05) is 37.3 Å². The molecular formula is C20H24N2O3S. The molecule has 6 heteroatoms. The molecule has 1 fully saturated rings. The summed E-state index contributed by atoms with van der Waals surface area (Å²) in [5, 5.41) is 2.86. The van der Waals surface area contributed by atoms with Crippen LogP contribution in [0, 0.1) is 12.8 Å². The maximum atomic E-state index is 12.5. The van der Waals surface area contributed by atoms with Crippen molar-refractivity contribution in [1.82, 2.24) is 9.62 Å². The summed E-state index contributed by atoms with van der Waals surface area (Å²) in [6.45, 7) is 2.46. The smallest absolute Gasteiger partial charge is 0.242 e. The van der Waals surface area contributed by atoms with Crippen LogP contribution < -0.4 is 5.32 Å². The normalized spacial score (nSPS) is 19.3. The van der Waals surface area contributed by atoms with Crippen LogP contribution in [0.4, 0.5) is 0 Å². The number of likely N-dealkylation sites (N-methyl/N-ethyl adjacent to an activating group) is 1. The number of sulfonamides is 1. The van der Waals surface area contributed by atoms with Crippen molar-refractivity contribution in [3.63, 3.8) is 0 Å². The topological polar surface area (TPSA) is 66.5 Å². The van der Waals surface area contributed by atoms with Gasteiger partial charge >= 0.3 is 0 Å². The van der Waals surface area contributed by atoms with Crippen molar-refractivity contribution >= 4 is 15.9 Å². The second kappa shape index (κ2) is 7.60. The van der Waals surface area contributed by atoms with Crippen molar-refractivity contribution in [2.75, 3.05) is 20.1 Å². The van der Waals surface area contributed by atoms with Crippen LogP contribution in [0.15, 0.2) is 59.5 Å². The Bertz CT molecular complexity index is 864. The third-order valence-corrected chi connectivity index (χ3v) is 6.68. The van der Waals surface area contributed by atoms with Gasteiger partial charge in [0.1, 0.15) is 0 Å². The Morgan fingerprint density at radius 2 is 1.77 bits per heavy atom. The minimum atomic E-state index is -3.53. The van der Waals surface area contributed by atoms with Crippen LogP contribution in [0.25, 0.3) is 0 Å². The molecule has 0 bridgehead atoms. The highest BCUT2D eigenvalue weighted by Crippen LogP contribution is 2.47. The second-order valence-electron chi connectivity index (χ2n) is 6.79. The monoisotopic (exact) mass is 372 g/mol. The van der Waals surface area contributed by atoms with Crippen LogP contribution in [-0.2, 0) is 14.8 Å². The quantitative estimate of drug-likeness (QED) is 0.812. The van der Waals surface area contributed by atoms with Gasteiger partial charge in [-0.05, 0) is 37.0 Å². The largest absolute Gasteiger partial charge is 0.355 e. The van der Waals surface area contributed by atoms with E-state index in [1.54, 1.807) is 24.3 Å². The van der Waals surface area contributed by atoms with Crippen LogP contribution in [0.3, 0.4) is 0 Å². The Balaban J connectivity index is 1.49. The molecule has 1 amide bonds. The number of nitrogens with zero attached hydrogens (tertiary/aromatic N) is 1. The number of benzene rings is 2. The molecule has 2 atom stereocenters. The molecule has 5 nitrogen and oxygen atoms in total. The minimum absolute atomic E-state index is 0.0000121. The highest BCUT2D eigenvalue weighted by Gasteiger charge is 2.43. The van der Waals surface area contributed by atoms with Gasteiger partial charge in [0.25, 0.3) is 0 Å². The first-order chi connectivity index (χ1) is 12.4. The van der Waals surface area contributed by atoms with E-state index in [4.69, 9.17) is 0 Å². The molecule has 0 radical (unpaired) electrons. The molecule has 0 saturated heterocycles. The molecule has 2 aromatic rings. The van der Waals surface area contributed by atoms with Gasteiger partial charge in [0.2, 0.25) is 15.9 Å². The van der Waals surface area contributed by atoms with E-state index in [0.717, 1.165) is 12.0 Å². The molecular weight excluding hydrogens is 348 g/mol. The molecule has 3 rings (SSSR count). The Morgan fingerprint density at radius 1 is 1.12 bits per heavy atom. The third-order valence-electron chi connectivity index (χ3n) is 4.81. The molecule has 26 heavy (non-hydrogen) atoms. The van der Waals surface area contributed by atoms with Crippen molar-refractivity contribution < 1.29 is 13.2 Å². The van der Waals surface area contributed by atoms with Gasteiger partial charge in [-0.15, -0.1) is 0 Å². The summed E-state index contributed by atoms with van der Waals surface area (Å²) < 4.78 is 26.3. The zero-order chi connectivity index (χ0) is 18.7. The van der Waals surface area contributed by atoms with Gasteiger partial charge in [-0.25, -0.2) is 8.42 Å². The van der Waals surface area contributed by atoms with E-state index in [2.05, 4.69) is 5.32 Å². The number of amides is 1. The number of aryl methyl sites for hydroxylation is 1. The lowest BCUT2D eigenvalue weighted by molar-refractivity contribution is -0.122. The Labute approximate surface area is 155 Å². The maximum Gasteiger partial charge on any atom is 0.242 e. The van der Waals surface area contributed by atoms with Crippen molar-refractivity contribution in [2.24, 2.45) is 5.92 Å². The fraction of sp³-hybridized carbons (Fsp3) is 0.350. The molecule has 0 heterocycles. The zero-order valence-electron chi connectivity index (χ0n) is 15.1. The number of carbonyl (C=O) groups excluding carboxylic acids is 1. The van der Waals surface area contributed by atoms with Gasteiger partial charge in [0.05, 0.1) is 4.90 Å². The molecule has 0 spiro atoms. The highest BCUT2D eigenvalue weighted by molar-refractivity contribution is 7.89. The van der Waals surface area contributed by atoms with E-state index in [0.29, 0.717) is 6.54 Å². The van der Waals surface area contributed by atoms with Gasteiger partial charge in [0, 0.05) is 26.1 Å². The van der Waals surface area contributed by atoms with Gasteiger partial charge in [0.15, 0.2) is 0 Å². The Hall–Kier alpha value is -2.18. The summed E-state index contributed by atoms with van der Waals surface area (Å²) in [5.74, 6) is 0.279. The number of hydrogen-bond acceptors (Lipinski definition) is 3. The number of rotatable bonds is 7. The standard InChI is InChI=1S/C20H24N2O3S/c1-15-8-10-17(11-9-15)26(24,25)22(2)13-12-21-20(23)19-14-18(19)16-6-4-3-5-7-16/h3-11,18-19H,12-14H2,1-2H3,(H,21,23). The van der Waals surface area contributed by atoms with E-state index in [-0.39, 0.29) is 29.2 Å². The first kappa shape index (κ1) is 18.6. The van der Waals surface area contributed by atoms with Gasteiger partial charge < -0.3 is 5.32 Å². The number of carbonyl (C=O) groups is 1. The first-order valence-electron chi connectivity index (χ1n) is 8.75. The molecule has 1 aliphatic rings. The van der Waals surface area contributed by atoms with Crippen LogP contribution >= 0.6 is 0 Å². The second-order valence-corrected chi connectivity index (χ2v) is 8.83. The van der Waals surface area contributed by atoms with Gasteiger partial charge in [-0.2, -0.15) is 4.31 Å². The molecule has 1 aliphatic carbocycles. The molecule has 138 valence electrons. The lowest BCUT2D eigenvalue weighted by atomic mass is 10.1. The lowest BCUT2D eigenvalue weighted by Crippen LogP contribution is -2.36. The van der Waals surface area contributed by atoms with Crippen LogP contribution in [0.1, 0.15) is 23.5 Å². The average molecular weight is 372 g/mol.